The summed E-state index contributed by atoms with van der Waals surface area (Å²) in [5, 5.41) is 9.16. The van der Waals surface area contributed by atoms with E-state index >= 15 is 0 Å². The molecular formula is C17H16Cl2F2N2O2. The fourth-order valence-corrected chi connectivity index (χ4v) is 2.63. The molecule has 2 N–H and O–H groups in total. The summed E-state index contributed by atoms with van der Waals surface area (Å²) in [7, 11) is 0. The van der Waals surface area contributed by atoms with Crippen LogP contribution >= 0.6 is 23.2 Å². The van der Waals surface area contributed by atoms with Crippen molar-refractivity contribution >= 4 is 29.1 Å². The van der Waals surface area contributed by atoms with Crippen molar-refractivity contribution < 1.29 is 18.8 Å². The minimum absolute atomic E-state index is 0.0269. The van der Waals surface area contributed by atoms with Crippen molar-refractivity contribution in [2.24, 2.45) is 0 Å². The van der Waals surface area contributed by atoms with Crippen molar-refractivity contribution in [2.45, 2.75) is 19.5 Å². The summed E-state index contributed by atoms with van der Waals surface area (Å²) in [4.78, 5) is 13.0. The second kappa shape index (κ2) is 9.10. The number of hydrogen-bond acceptors (Lipinski definition) is 3. The molecule has 2 aromatic rings. The minimum atomic E-state index is -0.585. The Morgan fingerprint density at radius 1 is 1.00 bits per heavy atom. The average Bonchev–Trinajstić information content (AvgIpc) is 2.57. The van der Waals surface area contributed by atoms with Gasteiger partial charge in [0.25, 0.3) is 0 Å². The van der Waals surface area contributed by atoms with Crippen LogP contribution in [0.2, 0.25) is 10.0 Å². The zero-order valence-electron chi connectivity index (χ0n) is 13.1. The van der Waals surface area contributed by atoms with Gasteiger partial charge in [-0.15, -0.1) is 0 Å². The van der Waals surface area contributed by atoms with Crippen LogP contribution in [0.15, 0.2) is 36.4 Å². The number of nitrogens with one attached hydrogen (secondary N) is 1. The van der Waals surface area contributed by atoms with E-state index < -0.39 is 17.5 Å². The SMILES string of the molecule is O=C(CCN(Cc1ccc(Cl)cc1F)Cc1ccc(Cl)cc1F)NO. The number of hydrogen-bond donors (Lipinski definition) is 2. The maximum Gasteiger partial charge on any atom is 0.244 e. The second-order valence-corrected chi connectivity index (χ2v) is 6.34. The molecule has 0 aliphatic carbocycles. The molecule has 0 aliphatic heterocycles. The van der Waals surface area contributed by atoms with Crippen LogP contribution in [0, 0.1) is 11.6 Å². The van der Waals surface area contributed by atoms with Gasteiger partial charge in [-0.05, 0) is 24.3 Å². The lowest BCUT2D eigenvalue weighted by Gasteiger charge is -2.23. The van der Waals surface area contributed by atoms with Crippen LogP contribution in [-0.4, -0.2) is 22.6 Å². The molecule has 0 fully saturated rings. The predicted molar refractivity (Wildman–Crippen MR) is 91.5 cm³/mol. The number of halogens is 4. The van der Waals surface area contributed by atoms with Gasteiger partial charge in [0.15, 0.2) is 0 Å². The fraction of sp³-hybridized carbons (Fsp3) is 0.235. The van der Waals surface area contributed by atoms with Gasteiger partial charge in [0.05, 0.1) is 0 Å². The van der Waals surface area contributed by atoms with Gasteiger partial charge in [0.2, 0.25) is 5.91 Å². The maximum atomic E-state index is 14.0. The normalized spacial score (nSPS) is 11.0. The summed E-state index contributed by atoms with van der Waals surface area (Å²) in [6, 6.07) is 8.57. The molecule has 25 heavy (non-hydrogen) atoms. The number of rotatable bonds is 7. The van der Waals surface area contributed by atoms with Crippen molar-refractivity contribution in [2.75, 3.05) is 6.54 Å². The van der Waals surface area contributed by atoms with E-state index in [1.165, 1.54) is 29.7 Å². The van der Waals surface area contributed by atoms with E-state index in [9.17, 15) is 13.6 Å². The third-order valence-electron chi connectivity index (χ3n) is 3.60. The molecule has 134 valence electrons. The first-order chi connectivity index (χ1) is 11.9. The monoisotopic (exact) mass is 388 g/mol. The molecule has 0 saturated heterocycles. The zero-order valence-corrected chi connectivity index (χ0v) is 14.6. The molecule has 1 amide bonds. The first kappa shape index (κ1) is 19.6. The van der Waals surface area contributed by atoms with Crippen LogP contribution < -0.4 is 5.48 Å². The Hall–Kier alpha value is -1.73. The summed E-state index contributed by atoms with van der Waals surface area (Å²) in [5.41, 5.74) is 2.27. The molecular weight excluding hydrogens is 373 g/mol. The number of carbonyl (C=O) groups excluding carboxylic acids is 1. The van der Waals surface area contributed by atoms with E-state index in [2.05, 4.69) is 0 Å². The molecule has 2 aromatic carbocycles. The van der Waals surface area contributed by atoms with E-state index in [1.54, 1.807) is 17.0 Å². The molecule has 0 unspecified atom stereocenters. The Bertz CT molecular complexity index is 706. The zero-order chi connectivity index (χ0) is 18.4. The Labute approximate surface area is 153 Å². The van der Waals surface area contributed by atoms with Crippen molar-refractivity contribution in [3.63, 3.8) is 0 Å². The molecule has 0 aliphatic rings. The van der Waals surface area contributed by atoms with Crippen LogP contribution in [0.4, 0.5) is 8.78 Å². The second-order valence-electron chi connectivity index (χ2n) is 5.47. The summed E-state index contributed by atoms with van der Waals surface area (Å²) < 4.78 is 28.0. The van der Waals surface area contributed by atoms with Crippen molar-refractivity contribution in [1.29, 1.82) is 0 Å². The van der Waals surface area contributed by atoms with E-state index in [-0.39, 0.29) is 36.1 Å². The van der Waals surface area contributed by atoms with Gasteiger partial charge in [0, 0.05) is 47.2 Å². The molecule has 8 heteroatoms. The summed E-state index contributed by atoms with van der Waals surface area (Å²) >= 11 is 11.5. The summed E-state index contributed by atoms with van der Waals surface area (Å²) in [5.74, 6) is -1.56. The van der Waals surface area contributed by atoms with Gasteiger partial charge in [-0.2, -0.15) is 0 Å². The largest absolute Gasteiger partial charge is 0.294 e. The molecule has 0 radical (unpaired) electrons. The highest BCUT2D eigenvalue weighted by molar-refractivity contribution is 6.30. The van der Waals surface area contributed by atoms with Crippen LogP contribution in [-0.2, 0) is 17.9 Å². The van der Waals surface area contributed by atoms with E-state index in [4.69, 9.17) is 28.4 Å². The molecule has 2 rings (SSSR count). The Balaban J connectivity index is 2.18. The summed E-state index contributed by atoms with van der Waals surface area (Å²) in [6.45, 7) is 0.476. The lowest BCUT2D eigenvalue weighted by Crippen LogP contribution is -2.29. The Kier molecular flexibility index (Phi) is 7.13. The molecule has 0 saturated carbocycles. The topological polar surface area (TPSA) is 52.6 Å². The maximum absolute atomic E-state index is 14.0. The van der Waals surface area contributed by atoms with Gasteiger partial charge in [-0.1, -0.05) is 35.3 Å². The number of nitrogens with zero attached hydrogens (tertiary/aromatic N) is 1. The first-order valence-corrected chi connectivity index (χ1v) is 8.18. The van der Waals surface area contributed by atoms with Crippen molar-refractivity contribution in [3.8, 4) is 0 Å². The highest BCUT2D eigenvalue weighted by Gasteiger charge is 2.14. The highest BCUT2D eigenvalue weighted by atomic mass is 35.5. The van der Waals surface area contributed by atoms with Crippen LogP contribution in [0.25, 0.3) is 0 Å². The van der Waals surface area contributed by atoms with Gasteiger partial charge < -0.3 is 0 Å². The van der Waals surface area contributed by atoms with Crippen LogP contribution in [0.3, 0.4) is 0 Å². The standard InChI is InChI=1S/C17H16Cl2F2N2O2/c18-13-3-1-11(15(20)7-13)9-23(6-5-17(24)22-25)10-12-2-4-14(19)8-16(12)21/h1-4,7-8,25H,5-6,9-10H2,(H,22,24). The molecule has 0 spiro atoms. The van der Waals surface area contributed by atoms with Crippen LogP contribution in [0.5, 0.6) is 0 Å². The smallest absolute Gasteiger partial charge is 0.244 e. The molecule has 0 aromatic heterocycles. The molecule has 4 nitrogen and oxygen atoms in total. The third-order valence-corrected chi connectivity index (χ3v) is 4.07. The highest BCUT2D eigenvalue weighted by Crippen LogP contribution is 2.20. The van der Waals surface area contributed by atoms with Gasteiger partial charge in [-0.3, -0.25) is 14.9 Å². The third kappa shape index (κ3) is 5.93. The van der Waals surface area contributed by atoms with Gasteiger partial charge in [0.1, 0.15) is 11.6 Å². The Morgan fingerprint density at radius 2 is 1.48 bits per heavy atom. The van der Waals surface area contributed by atoms with Gasteiger partial charge in [-0.25, -0.2) is 14.3 Å². The van der Waals surface area contributed by atoms with E-state index in [1.807, 2.05) is 0 Å². The average molecular weight is 389 g/mol. The lowest BCUT2D eigenvalue weighted by atomic mass is 10.1. The van der Waals surface area contributed by atoms with E-state index in [0.29, 0.717) is 11.1 Å². The first-order valence-electron chi connectivity index (χ1n) is 7.42. The molecule has 0 atom stereocenters. The Morgan fingerprint density at radius 3 is 1.88 bits per heavy atom. The minimum Gasteiger partial charge on any atom is -0.294 e. The van der Waals surface area contributed by atoms with Gasteiger partial charge >= 0.3 is 0 Å². The number of benzene rings is 2. The van der Waals surface area contributed by atoms with E-state index in [0.717, 1.165) is 0 Å². The molecule has 0 heterocycles. The quantitative estimate of drug-likeness (QED) is 0.552. The molecule has 0 bridgehead atoms. The van der Waals surface area contributed by atoms with Crippen molar-refractivity contribution in [1.82, 2.24) is 10.4 Å². The lowest BCUT2D eigenvalue weighted by molar-refractivity contribution is -0.129. The fourth-order valence-electron chi connectivity index (χ4n) is 2.31. The number of carbonyl (C=O) groups is 1. The number of hydroxylamine groups is 1. The van der Waals surface area contributed by atoms with Crippen molar-refractivity contribution in [3.05, 3.63) is 69.2 Å². The predicted octanol–water partition coefficient (Wildman–Crippen LogP) is 4.17. The number of amides is 1. The van der Waals surface area contributed by atoms with Crippen LogP contribution in [0.1, 0.15) is 17.5 Å². The summed E-state index contributed by atoms with van der Waals surface area (Å²) in [6.07, 6.45) is -0.0269.